The maximum absolute atomic E-state index is 6.10. The first kappa shape index (κ1) is 14.6. The molecule has 0 saturated carbocycles. The summed E-state index contributed by atoms with van der Waals surface area (Å²) in [6.45, 7) is 9.79. The molecular formula is C18H26N2O. The predicted octanol–water partition coefficient (Wildman–Crippen LogP) is 3.77. The van der Waals surface area contributed by atoms with Crippen molar-refractivity contribution in [3.8, 4) is 0 Å². The highest BCUT2D eigenvalue weighted by molar-refractivity contribution is 5.82. The Morgan fingerprint density at radius 2 is 1.95 bits per heavy atom. The molecule has 0 bridgehead atoms. The Balaban J connectivity index is 1.82. The van der Waals surface area contributed by atoms with Crippen LogP contribution in [0.2, 0.25) is 0 Å². The van der Waals surface area contributed by atoms with Crippen LogP contribution in [0.4, 0.5) is 0 Å². The molecule has 1 aromatic heterocycles. The van der Waals surface area contributed by atoms with Crippen molar-refractivity contribution in [2.24, 2.45) is 5.92 Å². The molecular weight excluding hydrogens is 260 g/mol. The molecule has 1 aliphatic heterocycles. The van der Waals surface area contributed by atoms with Crippen LogP contribution >= 0.6 is 0 Å². The fraction of sp³-hybridized carbons (Fsp3) is 0.556. The van der Waals surface area contributed by atoms with Gasteiger partial charge < -0.3 is 9.73 Å². The molecule has 3 heteroatoms. The molecule has 3 rings (SSSR count). The van der Waals surface area contributed by atoms with E-state index in [1.165, 1.54) is 36.9 Å². The number of nitrogens with zero attached hydrogens (tertiary/aromatic N) is 1. The van der Waals surface area contributed by atoms with Gasteiger partial charge in [-0.3, -0.25) is 4.90 Å². The van der Waals surface area contributed by atoms with Gasteiger partial charge in [0.15, 0.2) is 0 Å². The van der Waals surface area contributed by atoms with Crippen LogP contribution in [0.25, 0.3) is 11.0 Å². The van der Waals surface area contributed by atoms with Crippen LogP contribution in [0.15, 0.2) is 28.7 Å². The lowest BCUT2D eigenvalue weighted by molar-refractivity contribution is 0.327. The van der Waals surface area contributed by atoms with Crippen LogP contribution in [0, 0.1) is 5.92 Å². The largest absolute Gasteiger partial charge is 0.459 e. The highest BCUT2D eigenvalue weighted by Crippen LogP contribution is 2.28. The molecule has 1 aromatic carbocycles. The molecule has 1 aliphatic rings. The third kappa shape index (κ3) is 3.47. The molecule has 2 aromatic rings. The van der Waals surface area contributed by atoms with Crippen LogP contribution in [0.1, 0.15) is 38.0 Å². The molecule has 2 heterocycles. The van der Waals surface area contributed by atoms with Gasteiger partial charge in [-0.25, -0.2) is 0 Å². The number of likely N-dealkylation sites (tertiary alicyclic amines) is 1. The van der Waals surface area contributed by atoms with Crippen molar-refractivity contribution >= 4 is 11.0 Å². The van der Waals surface area contributed by atoms with Gasteiger partial charge in [0.05, 0.1) is 6.54 Å². The Morgan fingerprint density at radius 3 is 2.71 bits per heavy atom. The summed E-state index contributed by atoms with van der Waals surface area (Å²) in [5.74, 6) is 1.78. The molecule has 1 saturated heterocycles. The van der Waals surface area contributed by atoms with E-state index < -0.39 is 0 Å². The van der Waals surface area contributed by atoms with Gasteiger partial charge in [-0.15, -0.1) is 0 Å². The van der Waals surface area contributed by atoms with Crippen LogP contribution in [0.3, 0.4) is 0 Å². The molecule has 0 radical (unpaired) electrons. The molecule has 3 nitrogen and oxygen atoms in total. The van der Waals surface area contributed by atoms with Crippen LogP contribution in [-0.2, 0) is 13.1 Å². The Labute approximate surface area is 127 Å². The van der Waals surface area contributed by atoms with Gasteiger partial charge in [0, 0.05) is 17.5 Å². The SMILES string of the molecule is CC(C)CNCc1oc2ccccc2c1CN1CCCC1. The lowest BCUT2D eigenvalue weighted by Crippen LogP contribution is -2.22. The zero-order valence-corrected chi connectivity index (χ0v) is 13.2. The van der Waals surface area contributed by atoms with E-state index in [4.69, 9.17) is 4.42 Å². The minimum Gasteiger partial charge on any atom is -0.459 e. The van der Waals surface area contributed by atoms with E-state index in [-0.39, 0.29) is 0 Å². The first-order valence-corrected chi connectivity index (χ1v) is 8.16. The average molecular weight is 286 g/mol. The van der Waals surface area contributed by atoms with E-state index in [0.717, 1.165) is 31.0 Å². The summed E-state index contributed by atoms with van der Waals surface area (Å²) >= 11 is 0. The molecule has 21 heavy (non-hydrogen) atoms. The molecule has 0 aliphatic carbocycles. The van der Waals surface area contributed by atoms with Gasteiger partial charge in [0.25, 0.3) is 0 Å². The zero-order chi connectivity index (χ0) is 14.7. The van der Waals surface area contributed by atoms with Gasteiger partial charge in [0.1, 0.15) is 11.3 Å². The highest BCUT2D eigenvalue weighted by Gasteiger charge is 2.19. The lowest BCUT2D eigenvalue weighted by atomic mass is 10.1. The van der Waals surface area contributed by atoms with E-state index in [2.05, 4.69) is 48.3 Å². The number of fused-ring (bicyclic) bond motifs is 1. The molecule has 0 spiro atoms. The van der Waals surface area contributed by atoms with Crippen LogP contribution in [0.5, 0.6) is 0 Å². The van der Waals surface area contributed by atoms with E-state index in [1.54, 1.807) is 0 Å². The van der Waals surface area contributed by atoms with Crippen molar-refractivity contribution in [2.45, 2.75) is 39.8 Å². The third-order valence-corrected chi connectivity index (χ3v) is 4.20. The predicted molar refractivity (Wildman–Crippen MR) is 87.3 cm³/mol. The second-order valence-electron chi connectivity index (χ2n) is 6.51. The number of hydrogen-bond donors (Lipinski definition) is 1. The maximum Gasteiger partial charge on any atom is 0.134 e. The summed E-state index contributed by atoms with van der Waals surface area (Å²) in [6, 6.07) is 8.43. The maximum atomic E-state index is 6.10. The second-order valence-corrected chi connectivity index (χ2v) is 6.51. The summed E-state index contributed by atoms with van der Waals surface area (Å²) in [7, 11) is 0. The Kier molecular flexibility index (Phi) is 4.61. The van der Waals surface area contributed by atoms with Crippen molar-refractivity contribution in [1.29, 1.82) is 0 Å². The molecule has 1 fully saturated rings. The quantitative estimate of drug-likeness (QED) is 0.876. The number of benzene rings is 1. The molecule has 0 atom stereocenters. The summed E-state index contributed by atoms with van der Waals surface area (Å²) in [5, 5.41) is 4.80. The number of rotatable bonds is 6. The monoisotopic (exact) mass is 286 g/mol. The fourth-order valence-electron chi connectivity index (χ4n) is 3.10. The van der Waals surface area contributed by atoms with E-state index in [1.807, 2.05) is 0 Å². The van der Waals surface area contributed by atoms with Crippen molar-refractivity contribution < 1.29 is 4.42 Å². The van der Waals surface area contributed by atoms with Crippen LogP contribution in [-0.4, -0.2) is 24.5 Å². The minimum absolute atomic E-state index is 0.663. The minimum atomic E-state index is 0.663. The summed E-state index contributed by atoms with van der Waals surface area (Å²) in [4.78, 5) is 2.54. The summed E-state index contributed by atoms with van der Waals surface area (Å²) < 4.78 is 6.10. The zero-order valence-electron chi connectivity index (χ0n) is 13.2. The highest BCUT2D eigenvalue weighted by atomic mass is 16.3. The topological polar surface area (TPSA) is 28.4 Å². The summed E-state index contributed by atoms with van der Waals surface area (Å²) in [6.07, 6.45) is 2.66. The van der Waals surface area contributed by atoms with Gasteiger partial charge >= 0.3 is 0 Å². The lowest BCUT2D eigenvalue weighted by Gasteiger charge is -2.15. The van der Waals surface area contributed by atoms with Crippen LogP contribution < -0.4 is 5.32 Å². The number of hydrogen-bond acceptors (Lipinski definition) is 3. The molecule has 1 N–H and O–H groups in total. The Hall–Kier alpha value is -1.32. The van der Waals surface area contributed by atoms with Crippen molar-refractivity contribution in [3.63, 3.8) is 0 Å². The third-order valence-electron chi connectivity index (χ3n) is 4.20. The second kappa shape index (κ2) is 6.63. The first-order valence-electron chi connectivity index (χ1n) is 8.16. The van der Waals surface area contributed by atoms with E-state index in [9.17, 15) is 0 Å². The molecule has 0 amide bonds. The number of nitrogens with one attached hydrogen (secondary N) is 1. The van der Waals surface area contributed by atoms with Gasteiger partial charge in [-0.1, -0.05) is 32.0 Å². The smallest absolute Gasteiger partial charge is 0.134 e. The van der Waals surface area contributed by atoms with Gasteiger partial charge in [-0.2, -0.15) is 0 Å². The number of furan rings is 1. The number of para-hydroxylation sites is 1. The summed E-state index contributed by atoms with van der Waals surface area (Å²) in [5.41, 5.74) is 2.40. The first-order chi connectivity index (χ1) is 10.2. The van der Waals surface area contributed by atoms with Crippen molar-refractivity contribution in [3.05, 3.63) is 35.6 Å². The van der Waals surface area contributed by atoms with Crippen molar-refractivity contribution in [1.82, 2.24) is 10.2 Å². The standard InChI is InChI=1S/C18H26N2O/c1-14(2)11-19-12-18-16(13-20-9-5-6-10-20)15-7-3-4-8-17(15)21-18/h3-4,7-8,14,19H,5-6,9-13H2,1-2H3. The van der Waals surface area contributed by atoms with Gasteiger partial charge in [-0.05, 0) is 44.5 Å². The molecule has 0 unspecified atom stereocenters. The fourth-order valence-corrected chi connectivity index (χ4v) is 3.10. The van der Waals surface area contributed by atoms with Gasteiger partial charge in [0.2, 0.25) is 0 Å². The normalized spacial score (nSPS) is 16.3. The van der Waals surface area contributed by atoms with E-state index in [0.29, 0.717) is 5.92 Å². The average Bonchev–Trinajstić information content (AvgIpc) is 3.08. The van der Waals surface area contributed by atoms with E-state index >= 15 is 0 Å². The van der Waals surface area contributed by atoms with Crippen molar-refractivity contribution in [2.75, 3.05) is 19.6 Å². The Bertz CT molecular complexity index is 582. The molecule has 114 valence electrons. The Morgan fingerprint density at radius 1 is 1.19 bits per heavy atom.